The lowest BCUT2D eigenvalue weighted by atomic mass is 10.2. The van der Waals surface area contributed by atoms with Gasteiger partial charge in [-0.1, -0.05) is 0 Å². The summed E-state index contributed by atoms with van der Waals surface area (Å²) in [5.74, 6) is 0.897. The van der Waals surface area contributed by atoms with E-state index in [1.54, 1.807) is 0 Å². The second kappa shape index (κ2) is 4.90. The van der Waals surface area contributed by atoms with Crippen molar-refractivity contribution < 1.29 is 0 Å². The van der Waals surface area contributed by atoms with Crippen LogP contribution >= 0.6 is 0 Å². The van der Waals surface area contributed by atoms with Crippen molar-refractivity contribution >= 4 is 0 Å². The number of aromatic nitrogens is 3. The molecule has 0 spiro atoms. The van der Waals surface area contributed by atoms with E-state index in [1.165, 1.54) is 11.1 Å². The van der Waals surface area contributed by atoms with Crippen molar-refractivity contribution in [1.82, 2.24) is 20.1 Å². The van der Waals surface area contributed by atoms with Gasteiger partial charge < -0.3 is 5.32 Å². The molecule has 1 N–H and O–H groups in total. The molecule has 0 saturated carbocycles. The van der Waals surface area contributed by atoms with E-state index in [9.17, 15) is 0 Å². The Balaban J connectivity index is 2.52. The van der Waals surface area contributed by atoms with Crippen LogP contribution in [0, 0.1) is 27.7 Å². The fourth-order valence-corrected chi connectivity index (χ4v) is 2.08. The van der Waals surface area contributed by atoms with Gasteiger partial charge in [0.05, 0.1) is 5.69 Å². The molecule has 0 unspecified atom stereocenters. The molecule has 0 bridgehead atoms. The maximum atomic E-state index is 4.57. The molecule has 2 rings (SSSR count). The summed E-state index contributed by atoms with van der Waals surface area (Å²) in [7, 11) is 1.95. The van der Waals surface area contributed by atoms with E-state index in [2.05, 4.69) is 41.4 Å². The van der Waals surface area contributed by atoms with Crippen molar-refractivity contribution in [2.24, 2.45) is 0 Å². The summed E-state index contributed by atoms with van der Waals surface area (Å²) >= 11 is 0. The third kappa shape index (κ3) is 2.29. The van der Waals surface area contributed by atoms with Gasteiger partial charge in [-0.15, -0.1) is 0 Å². The van der Waals surface area contributed by atoms with Crippen LogP contribution in [0.2, 0.25) is 0 Å². The van der Waals surface area contributed by atoms with Crippen molar-refractivity contribution in [3.05, 3.63) is 40.3 Å². The summed E-state index contributed by atoms with van der Waals surface area (Å²) in [5, 5.41) is 7.72. The Bertz CT molecular complexity index is 569. The SMILES string of the molecule is CNCc1cc(C)nc(-n2nc(C)c(C)c2C)c1. The fourth-order valence-electron chi connectivity index (χ4n) is 2.08. The molecule has 0 aromatic carbocycles. The first-order valence-electron chi connectivity index (χ1n) is 6.18. The number of nitrogens with zero attached hydrogens (tertiary/aromatic N) is 3. The normalized spacial score (nSPS) is 10.9. The molecule has 4 nitrogen and oxygen atoms in total. The van der Waals surface area contributed by atoms with Crippen LogP contribution in [-0.2, 0) is 6.54 Å². The third-order valence-electron chi connectivity index (χ3n) is 3.25. The smallest absolute Gasteiger partial charge is 0.154 e. The summed E-state index contributed by atoms with van der Waals surface area (Å²) in [6.07, 6.45) is 0. The van der Waals surface area contributed by atoms with Gasteiger partial charge in [-0.05, 0) is 58.0 Å². The maximum absolute atomic E-state index is 4.57. The van der Waals surface area contributed by atoms with Gasteiger partial charge in [-0.25, -0.2) is 9.67 Å². The minimum Gasteiger partial charge on any atom is -0.316 e. The van der Waals surface area contributed by atoms with E-state index in [-0.39, 0.29) is 0 Å². The maximum Gasteiger partial charge on any atom is 0.154 e. The summed E-state index contributed by atoms with van der Waals surface area (Å²) < 4.78 is 1.93. The largest absolute Gasteiger partial charge is 0.316 e. The molecule has 18 heavy (non-hydrogen) atoms. The zero-order valence-corrected chi connectivity index (χ0v) is 11.7. The number of aryl methyl sites for hydroxylation is 2. The Morgan fingerprint density at radius 3 is 2.44 bits per heavy atom. The van der Waals surface area contributed by atoms with Crippen LogP contribution in [0.1, 0.15) is 28.2 Å². The first-order valence-corrected chi connectivity index (χ1v) is 6.18. The van der Waals surface area contributed by atoms with E-state index in [1.807, 2.05) is 25.6 Å². The number of hydrogen-bond donors (Lipinski definition) is 1. The van der Waals surface area contributed by atoms with Gasteiger partial charge in [0.15, 0.2) is 5.82 Å². The average Bonchev–Trinajstić information content (AvgIpc) is 2.57. The molecule has 2 aromatic rings. The van der Waals surface area contributed by atoms with Gasteiger partial charge >= 0.3 is 0 Å². The van der Waals surface area contributed by atoms with Crippen LogP contribution < -0.4 is 5.32 Å². The predicted octanol–water partition coefficient (Wildman–Crippen LogP) is 2.22. The lowest BCUT2D eigenvalue weighted by Crippen LogP contribution is -2.09. The molecule has 0 aliphatic carbocycles. The molecule has 0 aliphatic heterocycles. The number of pyridine rings is 1. The predicted molar refractivity (Wildman–Crippen MR) is 73.1 cm³/mol. The topological polar surface area (TPSA) is 42.7 Å². The van der Waals surface area contributed by atoms with Crippen LogP contribution in [0.3, 0.4) is 0 Å². The highest BCUT2D eigenvalue weighted by molar-refractivity contribution is 5.35. The van der Waals surface area contributed by atoms with Crippen molar-refractivity contribution in [2.45, 2.75) is 34.2 Å². The average molecular weight is 244 g/mol. The van der Waals surface area contributed by atoms with E-state index >= 15 is 0 Å². The number of rotatable bonds is 3. The molecule has 96 valence electrons. The zero-order valence-electron chi connectivity index (χ0n) is 11.7. The molecular formula is C14H20N4. The molecule has 0 aliphatic rings. The minimum absolute atomic E-state index is 0.842. The minimum atomic E-state index is 0.842. The Hall–Kier alpha value is -1.68. The number of nitrogens with one attached hydrogen (secondary N) is 1. The van der Waals surface area contributed by atoms with Crippen molar-refractivity contribution in [1.29, 1.82) is 0 Å². The standard InChI is InChI=1S/C14H20N4/c1-9-6-13(8-15-5)7-14(16-9)18-12(4)10(2)11(3)17-18/h6-7,15H,8H2,1-5H3. The highest BCUT2D eigenvalue weighted by Gasteiger charge is 2.10. The summed E-state index contributed by atoms with van der Waals surface area (Å²) in [6.45, 7) is 9.06. The second-order valence-corrected chi connectivity index (χ2v) is 4.71. The van der Waals surface area contributed by atoms with Crippen LogP contribution in [0.15, 0.2) is 12.1 Å². The summed E-state index contributed by atoms with van der Waals surface area (Å²) in [4.78, 5) is 4.57. The molecule has 0 saturated heterocycles. The van der Waals surface area contributed by atoms with E-state index < -0.39 is 0 Å². The van der Waals surface area contributed by atoms with Crippen LogP contribution in [0.25, 0.3) is 5.82 Å². The zero-order chi connectivity index (χ0) is 13.3. The van der Waals surface area contributed by atoms with E-state index in [0.29, 0.717) is 0 Å². The highest BCUT2D eigenvalue weighted by Crippen LogP contribution is 2.17. The molecule has 2 heterocycles. The lowest BCUT2D eigenvalue weighted by molar-refractivity contribution is 0.780. The molecule has 2 aromatic heterocycles. The van der Waals surface area contributed by atoms with E-state index in [4.69, 9.17) is 0 Å². The van der Waals surface area contributed by atoms with Crippen LogP contribution in [0.4, 0.5) is 0 Å². The molecule has 0 atom stereocenters. The van der Waals surface area contributed by atoms with Gasteiger partial charge in [0.2, 0.25) is 0 Å². The second-order valence-electron chi connectivity index (χ2n) is 4.71. The first kappa shape index (κ1) is 12.8. The van der Waals surface area contributed by atoms with Crippen molar-refractivity contribution in [3.8, 4) is 5.82 Å². The summed E-state index contributed by atoms with van der Waals surface area (Å²) in [6, 6.07) is 4.18. The molecule has 0 radical (unpaired) electrons. The highest BCUT2D eigenvalue weighted by atomic mass is 15.3. The Kier molecular flexibility index (Phi) is 3.48. The number of hydrogen-bond acceptors (Lipinski definition) is 3. The molecule has 0 fully saturated rings. The Labute approximate surface area is 108 Å². The molecular weight excluding hydrogens is 224 g/mol. The van der Waals surface area contributed by atoms with Gasteiger partial charge in [0.25, 0.3) is 0 Å². The van der Waals surface area contributed by atoms with Gasteiger partial charge in [-0.3, -0.25) is 0 Å². The van der Waals surface area contributed by atoms with E-state index in [0.717, 1.165) is 29.4 Å². The van der Waals surface area contributed by atoms with Crippen LogP contribution in [0.5, 0.6) is 0 Å². The Morgan fingerprint density at radius 1 is 1.17 bits per heavy atom. The molecule has 0 amide bonds. The van der Waals surface area contributed by atoms with Crippen LogP contribution in [-0.4, -0.2) is 21.8 Å². The van der Waals surface area contributed by atoms with Gasteiger partial charge in [0.1, 0.15) is 0 Å². The monoisotopic (exact) mass is 244 g/mol. The lowest BCUT2D eigenvalue weighted by Gasteiger charge is -2.08. The van der Waals surface area contributed by atoms with Crippen molar-refractivity contribution in [2.75, 3.05) is 7.05 Å². The van der Waals surface area contributed by atoms with Gasteiger partial charge in [0, 0.05) is 17.9 Å². The van der Waals surface area contributed by atoms with Crippen molar-refractivity contribution in [3.63, 3.8) is 0 Å². The molecule has 4 heteroatoms. The summed E-state index contributed by atoms with van der Waals surface area (Å²) in [5.41, 5.74) is 5.69. The fraction of sp³-hybridized carbons (Fsp3) is 0.429. The Morgan fingerprint density at radius 2 is 1.89 bits per heavy atom. The third-order valence-corrected chi connectivity index (χ3v) is 3.25. The quantitative estimate of drug-likeness (QED) is 0.900. The first-order chi connectivity index (χ1) is 8.52. The van der Waals surface area contributed by atoms with Gasteiger partial charge in [-0.2, -0.15) is 5.10 Å².